The van der Waals surface area contributed by atoms with Gasteiger partial charge in [-0.15, -0.1) is 0 Å². The average Bonchev–Trinajstić information content (AvgIpc) is 2.14. The number of carbonyl (C=O) groups is 1. The number of carboxylic acid groups (broad SMARTS) is 1. The van der Waals surface area contributed by atoms with Gasteiger partial charge in [0.2, 0.25) is 0 Å². The predicted octanol–water partition coefficient (Wildman–Crippen LogP) is 2.84. The first-order valence-corrected chi connectivity index (χ1v) is 6.23. The lowest BCUT2D eigenvalue weighted by atomic mass is 9.94. The summed E-state index contributed by atoms with van der Waals surface area (Å²) in [5.41, 5.74) is 1.39. The maximum atomic E-state index is 10.4. The number of hydrogen-bond acceptors (Lipinski definition) is 2. The average molecular weight is 212 g/mol. The smallest absolute Gasteiger partial charge is 0.307 e. The fraction of sp³-hybridized carbons (Fsp3) is 0.727. The molecule has 0 spiro atoms. The second-order valence-corrected chi connectivity index (χ2v) is 5.78. The Labute approximate surface area is 88.8 Å². The van der Waals surface area contributed by atoms with E-state index in [1.54, 1.807) is 0 Å². The van der Waals surface area contributed by atoms with Gasteiger partial charge in [0.1, 0.15) is 0 Å². The van der Waals surface area contributed by atoms with Gasteiger partial charge in [-0.2, -0.15) is 11.8 Å². The Hall–Kier alpha value is -0.440. The second-order valence-electron chi connectivity index (χ2n) is 4.18. The van der Waals surface area contributed by atoms with E-state index in [0.717, 1.165) is 23.3 Å². The topological polar surface area (TPSA) is 37.3 Å². The van der Waals surface area contributed by atoms with Crippen molar-refractivity contribution in [3.05, 3.63) is 11.6 Å². The van der Waals surface area contributed by atoms with Crippen LogP contribution in [0, 0.1) is 0 Å². The highest BCUT2D eigenvalue weighted by molar-refractivity contribution is 8.00. The van der Waals surface area contributed by atoms with Crippen molar-refractivity contribution in [2.45, 2.75) is 49.0 Å². The molecule has 14 heavy (non-hydrogen) atoms. The van der Waals surface area contributed by atoms with Crippen molar-refractivity contribution in [1.82, 2.24) is 0 Å². The molecule has 0 saturated carbocycles. The van der Waals surface area contributed by atoms with Gasteiger partial charge in [0.05, 0.1) is 6.42 Å². The van der Waals surface area contributed by atoms with E-state index in [9.17, 15) is 4.79 Å². The van der Waals surface area contributed by atoms with Crippen molar-refractivity contribution >= 4 is 17.7 Å². The van der Waals surface area contributed by atoms with E-state index in [-0.39, 0.29) is 6.42 Å². The molecule has 2 fully saturated rings. The number of thioether (sulfide) groups is 1. The molecule has 1 N–H and O–H groups in total. The zero-order valence-electron chi connectivity index (χ0n) is 8.24. The summed E-state index contributed by atoms with van der Waals surface area (Å²) in [4.78, 5) is 10.4. The number of allylic oxidation sites excluding steroid dienone is 1. The minimum Gasteiger partial charge on any atom is -0.481 e. The lowest BCUT2D eigenvalue weighted by Gasteiger charge is -2.35. The molecule has 2 aliphatic rings. The molecule has 0 aromatic rings. The first-order valence-electron chi connectivity index (χ1n) is 5.29. The monoisotopic (exact) mass is 212 g/mol. The summed E-state index contributed by atoms with van der Waals surface area (Å²) >= 11 is 2.12. The number of fused-ring (bicyclic) bond motifs is 2. The molecule has 3 heteroatoms. The van der Waals surface area contributed by atoms with Crippen LogP contribution in [0.1, 0.15) is 38.5 Å². The maximum Gasteiger partial charge on any atom is 0.307 e. The third-order valence-electron chi connectivity index (χ3n) is 2.98. The highest BCUT2D eigenvalue weighted by atomic mass is 32.2. The van der Waals surface area contributed by atoms with E-state index in [4.69, 9.17) is 5.11 Å². The predicted molar refractivity (Wildman–Crippen MR) is 58.6 cm³/mol. The SMILES string of the molecule is O=C(O)CC=C1CC2CCCC(C1)S2. The van der Waals surface area contributed by atoms with Gasteiger partial charge in [-0.1, -0.05) is 18.1 Å². The van der Waals surface area contributed by atoms with Crippen LogP contribution < -0.4 is 0 Å². The molecule has 2 saturated heterocycles. The molecular weight excluding hydrogens is 196 g/mol. The van der Waals surface area contributed by atoms with Gasteiger partial charge in [0.25, 0.3) is 0 Å². The zero-order valence-corrected chi connectivity index (χ0v) is 9.05. The lowest BCUT2D eigenvalue weighted by Crippen LogP contribution is -2.24. The largest absolute Gasteiger partial charge is 0.481 e. The molecule has 2 heterocycles. The zero-order chi connectivity index (χ0) is 9.97. The van der Waals surface area contributed by atoms with Gasteiger partial charge < -0.3 is 5.11 Å². The van der Waals surface area contributed by atoms with Crippen LogP contribution in [0.25, 0.3) is 0 Å². The Morgan fingerprint density at radius 3 is 2.64 bits per heavy atom. The molecule has 2 atom stereocenters. The van der Waals surface area contributed by atoms with Crippen LogP contribution in [0.4, 0.5) is 0 Å². The third kappa shape index (κ3) is 2.53. The Balaban J connectivity index is 1.94. The van der Waals surface area contributed by atoms with Crippen LogP contribution in [0.15, 0.2) is 11.6 Å². The van der Waals surface area contributed by atoms with Gasteiger partial charge in [0.15, 0.2) is 0 Å². The summed E-state index contributed by atoms with van der Waals surface area (Å²) in [6, 6.07) is 0. The third-order valence-corrected chi connectivity index (χ3v) is 4.56. The number of carboxylic acids is 1. The molecule has 2 rings (SSSR count). The summed E-state index contributed by atoms with van der Waals surface area (Å²) in [5, 5.41) is 10.2. The van der Waals surface area contributed by atoms with Crippen molar-refractivity contribution in [2.75, 3.05) is 0 Å². The standard InChI is InChI=1S/C11H16O2S/c12-11(13)5-4-8-6-9-2-1-3-10(7-8)14-9/h4,9-10H,1-3,5-7H2,(H,12,13). The van der Waals surface area contributed by atoms with Crippen molar-refractivity contribution < 1.29 is 9.90 Å². The van der Waals surface area contributed by atoms with E-state index >= 15 is 0 Å². The number of hydrogen-bond donors (Lipinski definition) is 1. The van der Waals surface area contributed by atoms with Crippen LogP contribution in [-0.2, 0) is 4.79 Å². The molecule has 0 radical (unpaired) electrons. The Morgan fingerprint density at radius 2 is 2.07 bits per heavy atom. The van der Waals surface area contributed by atoms with E-state index in [1.165, 1.54) is 24.8 Å². The normalized spacial score (nSPS) is 31.3. The minimum absolute atomic E-state index is 0.208. The van der Waals surface area contributed by atoms with E-state index in [2.05, 4.69) is 11.8 Å². The van der Waals surface area contributed by atoms with Crippen LogP contribution in [0.5, 0.6) is 0 Å². The highest BCUT2D eigenvalue weighted by Crippen LogP contribution is 2.43. The molecule has 0 aliphatic carbocycles. The van der Waals surface area contributed by atoms with Gasteiger partial charge in [-0.25, -0.2) is 0 Å². The summed E-state index contributed by atoms with van der Waals surface area (Å²) in [7, 11) is 0. The molecular formula is C11H16O2S. The van der Waals surface area contributed by atoms with Gasteiger partial charge in [0, 0.05) is 10.5 Å². The second kappa shape index (κ2) is 4.39. The van der Waals surface area contributed by atoms with Gasteiger partial charge in [-0.3, -0.25) is 4.79 Å². The molecule has 0 aromatic carbocycles. The summed E-state index contributed by atoms with van der Waals surface area (Å²) in [5.74, 6) is -0.708. The molecule has 2 bridgehead atoms. The van der Waals surface area contributed by atoms with Crippen LogP contribution in [-0.4, -0.2) is 21.6 Å². The van der Waals surface area contributed by atoms with Crippen LogP contribution in [0.2, 0.25) is 0 Å². The molecule has 2 aliphatic heterocycles. The van der Waals surface area contributed by atoms with Crippen molar-refractivity contribution in [3.8, 4) is 0 Å². The lowest BCUT2D eigenvalue weighted by molar-refractivity contribution is -0.136. The number of rotatable bonds is 2. The molecule has 0 amide bonds. The maximum absolute atomic E-state index is 10.4. The van der Waals surface area contributed by atoms with Gasteiger partial charge >= 0.3 is 5.97 Å². The molecule has 0 aromatic heterocycles. The quantitative estimate of drug-likeness (QED) is 0.715. The summed E-state index contributed by atoms with van der Waals surface area (Å²) in [6.07, 6.45) is 8.43. The highest BCUT2D eigenvalue weighted by Gasteiger charge is 2.28. The van der Waals surface area contributed by atoms with E-state index in [1.807, 2.05) is 6.08 Å². The van der Waals surface area contributed by atoms with Crippen molar-refractivity contribution in [1.29, 1.82) is 0 Å². The fourth-order valence-corrected chi connectivity index (χ4v) is 4.12. The van der Waals surface area contributed by atoms with Crippen LogP contribution >= 0.6 is 11.8 Å². The van der Waals surface area contributed by atoms with Gasteiger partial charge in [-0.05, 0) is 25.7 Å². The Kier molecular flexibility index (Phi) is 3.16. The minimum atomic E-state index is -0.708. The first-order chi connectivity index (χ1) is 6.74. The van der Waals surface area contributed by atoms with Crippen LogP contribution in [0.3, 0.4) is 0 Å². The van der Waals surface area contributed by atoms with Crippen molar-refractivity contribution in [2.24, 2.45) is 0 Å². The van der Waals surface area contributed by atoms with E-state index < -0.39 is 5.97 Å². The van der Waals surface area contributed by atoms with E-state index in [0.29, 0.717) is 0 Å². The first kappa shape index (κ1) is 10.1. The van der Waals surface area contributed by atoms with Crippen molar-refractivity contribution in [3.63, 3.8) is 0 Å². The number of aliphatic carboxylic acids is 1. The fourth-order valence-electron chi connectivity index (χ4n) is 2.35. The molecule has 78 valence electrons. The molecule has 2 nitrogen and oxygen atoms in total. The summed E-state index contributed by atoms with van der Waals surface area (Å²) < 4.78 is 0. The Morgan fingerprint density at radius 1 is 1.43 bits per heavy atom. The molecule has 2 unspecified atom stereocenters. The Bertz CT molecular complexity index is 246. The summed E-state index contributed by atoms with van der Waals surface area (Å²) in [6.45, 7) is 0.